The SMILES string of the molecule is CCNC(=O)Nc1ccc(-c2sc3c(c2CN(C)CCC(=O)N(C)CCOC)c(=O)n(-c2ccccc2)c(=O)n3Cc2c(F)cccc2F)cc1. The number of rotatable bonds is 14. The van der Waals surface area contributed by atoms with Crippen LogP contribution in [-0.2, 0) is 22.6 Å². The summed E-state index contributed by atoms with van der Waals surface area (Å²) in [5.41, 5.74) is 0.471. The van der Waals surface area contributed by atoms with E-state index in [1.807, 2.05) is 18.9 Å². The van der Waals surface area contributed by atoms with Crippen molar-refractivity contribution in [2.75, 3.05) is 52.8 Å². The second-order valence-corrected chi connectivity index (χ2v) is 13.0. The molecule has 3 amide bonds. The van der Waals surface area contributed by atoms with Crippen LogP contribution in [0.1, 0.15) is 24.5 Å². The van der Waals surface area contributed by atoms with Gasteiger partial charge in [-0.1, -0.05) is 36.4 Å². The third kappa shape index (κ3) is 8.42. The number of ether oxygens (including phenoxy) is 1. The van der Waals surface area contributed by atoms with Crippen LogP contribution in [0.4, 0.5) is 19.3 Å². The number of halogens is 2. The Morgan fingerprint density at radius 2 is 1.59 bits per heavy atom. The van der Waals surface area contributed by atoms with Gasteiger partial charge >= 0.3 is 11.7 Å². The molecule has 0 saturated carbocycles. The summed E-state index contributed by atoms with van der Waals surface area (Å²) in [7, 11) is 5.11. The number of carbonyl (C=O) groups excluding carboxylic acids is 2. The van der Waals surface area contributed by atoms with Crippen LogP contribution >= 0.6 is 11.3 Å². The molecule has 14 heteroatoms. The molecule has 0 fully saturated rings. The predicted molar refractivity (Wildman–Crippen MR) is 196 cm³/mol. The first-order valence-corrected chi connectivity index (χ1v) is 17.2. The number of para-hydroxylation sites is 1. The molecule has 5 rings (SSSR count). The number of aromatic nitrogens is 2. The molecule has 0 aliphatic heterocycles. The van der Waals surface area contributed by atoms with Crippen molar-refractivity contribution in [2.45, 2.75) is 26.4 Å². The largest absolute Gasteiger partial charge is 0.383 e. The molecule has 51 heavy (non-hydrogen) atoms. The Kier molecular flexibility index (Phi) is 12.1. The second-order valence-electron chi connectivity index (χ2n) is 12.0. The number of amides is 3. The lowest BCUT2D eigenvalue weighted by Gasteiger charge is -2.21. The number of anilines is 1. The Morgan fingerprint density at radius 3 is 2.24 bits per heavy atom. The zero-order chi connectivity index (χ0) is 36.7. The Labute approximate surface area is 297 Å². The number of methoxy groups -OCH3 is 1. The maximum Gasteiger partial charge on any atom is 0.337 e. The van der Waals surface area contributed by atoms with Gasteiger partial charge in [-0.15, -0.1) is 11.3 Å². The lowest BCUT2D eigenvalue weighted by atomic mass is 10.1. The topological polar surface area (TPSA) is 118 Å². The molecule has 2 heterocycles. The number of nitrogens with zero attached hydrogens (tertiary/aromatic N) is 4. The first kappa shape index (κ1) is 37.1. The van der Waals surface area contributed by atoms with Crippen LogP contribution in [0.3, 0.4) is 0 Å². The van der Waals surface area contributed by atoms with Crippen molar-refractivity contribution < 1.29 is 23.1 Å². The average molecular weight is 719 g/mol. The molecule has 2 N–H and O–H groups in total. The fourth-order valence-corrected chi connectivity index (χ4v) is 6.96. The van der Waals surface area contributed by atoms with Crippen molar-refractivity contribution in [3.05, 3.63) is 116 Å². The van der Waals surface area contributed by atoms with Crippen molar-refractivity contribution in [1.82, 2.24) is 24.3 Å². The van der Waals surface area contributed by atoms with Crippen molar-refractivity contribution in [3.63, 3.8) is 0 Å². The number of nitrogens with one attached hydrogen (secondary N) is 2. The van der Waals surface area contributed by atoms with Crippen LogP contribution in [0.15, 0.2) is 82.4 Å². The van der Waals surface area contributed by atoms with Gasteiger partial charge in [-0.25, -0.2) is 22.9 Å². The van der Waals surface area contributed by atoms with Crippen LogP contribution in [0.2, 0.25) is 0 Å². The maximum atomic E-state index is 15.0. The zero-order valence-corrected chi connectivity index (χ0v) is 29.7. The molecule has 3 aromatic carbocycles. The Bertz CT molecular complexity index is 2110. The second kappa shape index (κ2) is 16.7. The molecule has 5 aromatic rings. The summed E-state index contributed by atoms with van der Waals surface area (Å²) in [5.74, 6) is -1.71. The molecule has 0 saturated heterocycles. The summed E-state index contributed by atoms with van der Waals surface area (Å²) >= 11 is 1.16. The summed E-state index contributed by atoms with van der Waals surface area (Å²) in [6.45, 7) is 3.22. The number of hydrogen-bond donors (Lipinski definition) is 2. The third-order valence-electron chi connectivity index (χ3n) is 8.40. The minimum atomic E-state index is -0.820. The molecule has 11 nitrogen and oxygen atoms in total. The highest BCUT2D eigenvalue weighted by Gasteiger charge is 2.26. The minimum Gasteiger partial charge on any atom is -0.383 e. The zero-order valence-electron chi connectivity index (χ0n) is 28.9. The highest BCUT2D eigenvalue weighted by molar-refractivity contribution is 7.22. The monoisotopic (exact) mass is 718 g/mol. The molecule has 0 spiro atoms. The van der Waals surface area contributed by atoms with Crippen molar-refractivity contribution in [2.24, 2.45) is 0 Å². The number of hydrogen-bond acceptors (Lipinski definition) is 7. The van der Waals surface area contributed by atoms with Crippen molar-refractivity contribution in [1.29, 1.82) is 0 Å². The Hall–Kier alpha value is -5.18. The predicted octanol–water partition coefficient (Wildman–Crippen LogP) is 5.28. The van der Waals surface area contributed by atoms with Crippen LogP contribution < -0.4 is 21.9 Å². The number of urea groups is 1. The van der Waals surface area contributed by atoms with Gasteiger partial charge in [0.25, 0.3) is 5.56 Å². The van der Waals surface area contributed by atoms with E-state index in [1.54, 1.807) is 73.7 Å². The maximum absolute atomic E-state index is 15.0. The summed E-state index contributed by atoms with van der Waals surface area (Å²) in [5, 5.41) is 5.66. The molecule has 0 radical (unpaired) electrons. The molecule has 0 aliphatic rings. The fourth-order valence-electron chi connectivity index (χ4n) is 5.66. The van der Waals surface area contributed by atoms with Crippen molar-refractivity contribution >= 4 is 39.2 Å². The average Bonchev–Trinajstić information content (AvgIpc) is 3.48. The molecule has 0 aliphatic carbocycles. The lowest BCUT2D eigenvalue weighted by molar-refractivity contribution is -0.130. The van der Waals surface area contributed by atoms with Gasteiger partial charge in [0, 0.05) is 62.9 Å². The van der Waals surface area contributed by atoms with Gasteiger partial charge in [-0.05, 0) is 61.5 Å². The summed E-state index contributed by atoms with van der Waals surface area (Å²) in [4.78, 5) is 58.1. The van der Waals surface area contributed by atoms with Gasteiger partial charge in [0.15, 0.2) is 0 Å². The van der Waals surface area contributed by atoms with Crippen LogP contribution in [0.5, 0.6) is 0 Å². The molecule has 2 aromatic heterocycles. The van der Waals surface area contributed by atoms with E-state index in [2.05, 4.69) is 10.6 Å². The van der Waals surface area contributed by atoms with E-state index in [9.17, 15) is 19.2 Å². The first-order chi connectivity index (χ1) is 24.5. The Balaban J connectivity index is 1.69. The van der Waals surface area contributed by atoms with E-state index in [1.165, 1.54) is 10.6 Å². The number of thiophene rings is 1. The van der Waals surface area contributed by atoms with Gasteiger partial charge < -0.3 is 25.2 Å². The fraction of sp³-hybridized carbons (Fsp3) is 0.297. The van der Waals surface area contributed by atoms with Gasteiger partial charge in [0.2, 0.25) is 5.91 Å². The van der Waals surface area contributed by atoms with Gasteiger partial charge in [0.05, 0.1) is 24.2 Å². The van der Waals surface area contributed by atoms with Crippen LogP contribution in [-0.4, -0.2) is 78.3 Å². The minimum absolute atomic E-state index is 0.0725. The van der Waals surface area contributed by atoms with E-state index >= 15 is 8.78 Å². The standard InChI is InChI=1S/C37H40F2N6O5S/c1-5-40-36(48)41-25-16-14-24(15-17-25)33-28(22-42(2)19-18-31(46)43(3)20-21-50-4)32-34(47)45(26-10-7-6-8-11-26)37(49)44(35(32)51-33)23-27-29(38)12-9-13-30(27)39/h6-17H,5,18-23H2,1-4H3,(H2,40,41,48). The van der Waals surface area contributed by atoms with E-state index in [0.29, 0.717) is 53.6 Å². The molecular weight excluding hydrogens is 679 g/mol. The normalized spacial score (nSPS) is 11.3. The highest BCUT2D eigenvalue weighted by Crippen LogP contribution is 2.38. The number of fused-ring (bicyclic) bond motifs is 1. The summed E-state index contributed by atoms with van der Waals surface area (Å²) in [6.07, 6.45) is 0.208. The molecule has 0 unspecified atom stereocenters. The van der Waals surface area contributed by atoms with Gasteiger partial charge in [-0.3, -0.25) is 14.2 Å². The van der Waals surface area contributed by atoms with E-state index in [4.69, 9.17) is 4.74 Å². The van der Waals surface area contributed by atoms with E-state index < -0.39 is 29.4 Å². The smallest absolute Gasteiger partial charge is 0.337 e. The van der Waals surface area contributed by atoms with Crippen LogP contribution in [0, 0.1) is 11.6 Å². The number of carbonyl (C=O) groups is 2. The van der Waals surface area contributed by atoms with Crippen LogP contribution in [0.25, 0.3) is 26.3 Å². The first-order valence-electron chi connectivity index (χ1n) is 16.4. The summed E-state index contributed by atoms with van der Waals surface area (Å²) < 4.78 is 37.4. The van der Waals surface area contributed by atoms with E-state index in [-0.39, 0.29) is 40.7 Å². The van der Waals surface area contributed by atoms with Gasteiger partial charge in [0.1, 0.15) is 16.5 Å². The van der Waals surface area contributed by atoms with Crippen molar-refractivity contribution in [3.8, 4) is 16.1 Å². The van der Waals surface area contributed by atoms with Gasteiger partial charge in [-0.2, -0.15) is 0 Å². The highest BCUT2D eigenvalue weighted by atomic mass is 32.1. The third-order valence-corrected chi connectivity index (χ3v) is 9.70. The molecule has 0 atom stereocenters. The number of benzene rings is 3. The summed E-state index contributed by atoms with van der Waals surface area (Å²) in [6, 6.07) is 18.5. The molecular formula is C37H40F2N6O5S. The number of likely N-dealkylation sites (N-methyl/N-ethyl adjacent to an activating group) is 1. The molecule has 268 valence electrons. The Morgan fingerprint density at radius 1 is 0.902 bits per heavy atom. The molecule has 0 bridgehead atoms. The quantitative estimate of drug-likeness (QED) is 0.162. The van der Waals surface area contributed by atoms with E-state index in [0.717, 1.165) is 28.0 Å². The lowest BCUT2D eigenvalue weighted by Crippen LogP contribution is -2.39.